The third kappa shape index (κ3) is 6.99. The second-order valence-electron chi connectivity index (χ2n) is 5.56. The van der Waals surface area contributed by atoms with E-state index in [1.807, 2.05) is 13.0 Å². The Hall–Kier alpha value is -0.380. The summed E-state index contributed by atoms with van der Waals surface area (Å²) in [5, 5.41) is 27.9. The van der Waals surface area contributed by atoms with Crippen LogP contribution < -0.4 is 0 Å². The number of hydrogen-bond acceptors (Lipinski definition) is 3. The molecular weight excluding hydrogens is 204 g/mol. The molecule has 0 radical (unpaired) electrons. The van der Waals surface area contributed by atoms with E-state index < -0.39 is 11.7 Å². The lowest BCUT2D eigenvalue weighted by Crippen LogP contribution is -2.25. The van der Waals surface area contributed by atoms with Crippen LogP contribution in [0.3, 0.4) is 0 Å². The lowest BCUT2D eigenvalue weighted by Gasteiger charge is -2.29. The standard InChI is InChI=1S/C13H26O3/c1-5-13(4,9-11(15)10-14)8-6-7-12(2,3)16/h5,11,14-16H,1,6-10H2,2-4H3. The van der Waals surface area contributed by atoms with Crippen molar-refractivity contribution in [3.8, 4) is 0 Å². The van der Waals surface area contributed by atoms with Gasteiger partial charge in [0, 0.05) is 0 Å². The maximum atomic E-state index is 9.60. The van der Waals surface area contributed by atoms with Crippen LogP contribution in [0, 0.1) is 5.41 Å². The number of allylic oxidation sites excluding steroid dienone is 1. The molecule has 3 N–H and O–H groups in total. The fourth-order valence-electron chi connectivity index (χ4n) is 1.82. The molecule has 3 nitrogen and oxygen atoms in total. The van der Waals surface area contributed by atoms with Crippen molar-refractivity contribution < 1.29 is 15.3 Å². The molecule has 0 aromatic heterocycles. The second-order valence-corrected chi connectivity index (χ2v) is 5.56. The Morgan fingerprint density at radius 1 is 1.25 bits per heavy atom. The molecule has 2 atom stereocenters. The smallest absolute Gasteiger partial charge is 0.0779 e. The van der Waals surface area contributed by atoms with Crippen molar-refractivity contribution in [2.24, 2.45) is 5.41 Å². The molecule has 3 heteroatoms. The van der Waals surface area contributed by atoms with Gasteiger partial charge in [0.05, 0.1) is 18.3 Å². The van der Waals surface area contributed by atoms with Crippen molar-refractivity contribution in [2.45, 2.75) is 58.2 Å². The van der Waals surface area contributed by atoms with E-state index in [2.05, 4.69) is 6.58 Å². The van der Waals surface area contributed by atoms with E-state index in [-0.39, 0.29) is 12.0 Å². The number of rotatable bonds is 8. The molecule has 0 fully saturated rings. The monoisotopic (exact) mass is 230 g/mol. The molecule has 0 aliphatic carbocycles. The van der Waals surface area contributed by atoms with E-state index in [1.165, 1.54) is 0 Å². The van der Waals surface area contributed by atoms with E-state index in [4.69, 9.17) is 5.11 Å². The van der Waals surface area contributed by atoms with Gasteiger partial charge in [0.15, 0.2) is 0 Å². The molecule has 0 aromatic rings. The molecule has 0 rings (SSSR count). The fourth-order valence-corrected chi connectivity index (χ4v) is 1.82. The SMILES string of the molecule is C=CC(C)(CCCC(C)(C)O)CC(O)CO. The molecule has 0 bridgehead atoms. The van der Waals surface area contributed by atoms with Crippen LogP contribution in [0.5, 0.6) is 0 Å². The Labute approximate surface area is 98.8 Å². The molecule has 0 saturated carbocycles. The summed E-state index contributed by atoms with van der Waals surface area (Å²) in [6, 6.07) is 0. The third-order valence-corrected chi connectivity index (χ3v) is 2.94. The topological polar surface area (TPSA) is 60.7 Å². The predicted octanol–water partition coefficient (Wildman–Crippen LogP) is 1.86. The fraction of sp³-hybridized carbons (Fsp3) is 0.846. The Balaban J connectivity index is 4.12. The molecule has 16 heavy (non-hydrogen) atoms. The van der Waals surface area contributed by atoms with Gasteiger partial charge >= 0.3 is 0 Å². The lowest BCUT2D eigenvalue weighted by molar-refractivity contribution is 0.0506. The van der Waals surface area contributed by atoms with Crippen LogP contribution in [0.2, 0.25) is 0 Å². The lowest BCUT2D eigenvalue weighted by atomic mass is 9.79. The summed E-state index contributed by atoms with van der Waals surface area (Å²) in [5.41, 5.74) is -0.814. The van der Waals surface area contributed by atoms with Crippen LogP contribution in [-0.2, 0) is 0 Å². The largest absolute Gasteiger partial charge is 0.394 e. The van der Waals surface area contributed by atoms with Crippen LogP contribution in [0.15, 0.2) is 12.7 Å². The zero-order valence-electron chi connectivity index (χ0n) is 10.7. The van der Waals surface area contributed by atoms with Crippen LogP contribution >= 0.6 is 0 Å². The van der Waals surface area contributed by atoms with Gasteiger partial charge in [0.25, 0.3) is 0 Å². The van der Waals surface area contributed by atoms with Gasteiger partial charge in [0.1, 0.15) is 0 Å². The average molecular weight is 230 g/mol. The van der Waals surface area contributed by atoms with Gasteiger partial charge in [-0.15, -0.1) is 6.58 Å². The first-order chi connectivity index (χ1) is 7.22. The third-order valence-electron chi connectivity index (χ3n) is 2.94. The predicted molar refractivity (Wildman–Crippen MR) is 66.2 cm³/mol. The van der Waals surface area contributed by atoms with Gasteiger partial charge < -0.3 is 15.3 Å². The van der Waals surface area contributed by atoms with Crippen molar-refractivity contribution in [3.05, 3.63) is 12.7 Å². The Morgan fingerprint density at radius 3 is 2.19 bits per heavy atom. The maximum absolute atomic E-state index is 9.60. The molecule has 0 spiro atoms. The molecule has 0 aromatic carbocycles. The average Bonchev–Trinajstić information content (AvgIpc) is 2.15. The van der Waals surface area contributed by atoms with Gasteiger partial charge in [-0.05, 0) is 44.9 Å². The van der Waals surface area contributed by atoms with E-state index in [0.717, 1.165) is 19.3 Å². The van der Waals surface area contributed by atoms with Crippen LogP contribution in [0.4, 0.5) is 0 Å². The summed E-state index contributed by atoms with van der Waals surface area (Å²) in [7, 11) is 0. The van der Waals surface area contributed by atoms with Crippen molar-refractivity contribution >= 4 is 0 Å². The van der Waals surface area contributed by atoms with Gasteiger partial charge in [-0.2, -0.15) is 0 Å². The number of aliphatic hydroxyl groups excluding tert-OH is 2. The number of hydrogen-bond donors (Lipinski definition) is 3. The Morgan fingerprint density at radius 2 is 1.81 bits per heavy atom. The van der Waals surface area contributed by atoms with Gasteiger partial charge in [-0.3, -0.25) is 0 Å². The van der Waals surface area contributed by atoms with E-state index in [0.29, 0.717) is 6.42 Å². The van der Waals surface area contributed by atoms with Crippen molar-refractivity contribution in [1.29, 1.82) is 0 Å². The molecule has 0 saturated heterocycles. The zero-order valence-corrected chi connectivity index (χ0v) is 10.7. The summed E-state index contributed by atoms with van der Waals surface area (Å²) in [5.74, 6) is 0. The highest BCUT2D eigenvalue weighted by molar-refractivity contribution is 4.93. The number of aliphatic hydroxyl groups is 3. The minimum absolute atomic E-state index is 0.173. The van der Waals surface area contributed by atoms with Crippen LogP contribution in [0.1, 0.15) is 46.5 Å². The molecule has 96 valence electrons. The summed E-state index contributed by atoms with van der Waals surface area (Å²) < 4.78 is 0. The maximum Gasteiger partial charge on any atom is 0.0779 e. The summed E-state index contributed by atoms with van der Waals surface area (Å²) >= 11 is 0. The molecule has 0 aliphatic heterocycles. The highest BCUT2D eigenvalue weighted by Gasteiger charge is 2.24. The van der Waals surface area contributed by atoms with E-state index >= 15 is 0 Å². The van der Waals surface area contributed by atoms with Gasteiger partial charge in [-0.25, -0.2) is 0 Å². The first-order valence-electron chi connectivity index (χ1n) is 5.87. The van der Waals surface area contributed by atoms with Gasteiger partial charge in [-0.1, -0.05) is 13.0 Å². The van der Waals surface area contributed by atoms with E-state index in [9.17, 15) is 10.2 Å². The normalized spacial score (nSPS) is 17.9. The molecule has 0 heterocycles. The van der Waals surface area contributed by atoms with Crippen molar-refractivity contribution in [3.63, 3.8) is 0 Å². The summed E-state index contributed by atoms with van der Waals surface area (Å²) in [6.45, 7) is 9.17. The zero-order chi connectivity index (χ0) is 12.8. The van der Waals surface area contributed by atoms with Crippen molar-refractivity contribution in [2.75, 3.05) is 6.61 Å². The first kappa shape index (κ1) is 15.6. The van der Waals surface area contributed by atoms with Crippen molar-refractivity contribution in [1.82, 2.24) is 0 Å². The highest BCUT2D eigenvalue weighted by Crippen LogP contribution is 2.32. The molecular formula is C13H26O3. The molecule has 0 aliphatic rings. The summed E-state index contributed by atoms with van der Waals surface area (Å²) in [4.78, 5) is 0. The molecule has 0 amide bonds. The Bertz CT molecular complexity index is 208. The van der Waals surface area contributed by atoms with Crippen LogP contribution in [-0.4, -0.2) is 33.6 Å². The van der Waals surface area contributed by atoms with Gasteiger partial charge in [0.2, 0.25) is 0 Å². The quantitative estimate of drug-likeness (QED) is 0.558. The highest BCUT2D eigenvalue weighted by atomic mass is 16.3. The second kappa shape index (κ2) is 6.38. The Kier molecular flexibility index (Phi) is 6.23. The van der Waals surface area contributed by atoms with Crippen LogP contribution in [0.25, 0.3) is 0 Å². The molecule has 2 unspecified atom stereocenters. The minimum Gasteiger partial charge on any atom is -0.394 e. The minimum atomic E-state index is -0.690. The van der Waals surface area contributed by atoms with E-state index in [1.54, 1.807) is 13.8 Å². The first-order valence-corrected chi connectivity index (χ1v) is 5.87. The summed E-state index contributed by atoms with van der Waals surface area (Å²) in [6.07, 6.45) is 4.12.